The van der Waals surface area contributed by atoms with Gasteiger partial charge in [0.25, 0.3) is 0 Å². The molecule has 0 saturated carbocycles. The Morgan fingerprint density at radius 1 is 1.61 bits per heavy atom. The minimum absolute atomic E-state index is 0.00464. The zero-order chi connectivity index (χ0) is 13.5. The average Bonchev–Trinajstić information content (AvgIpc) is 2.78. The summed E-state index contributed by atoms with van der Waals surface area (Å²) in [4.78, 5) is 15.3. The quantitative estimate of drug-likeness (QED) is 0.659. The number of Topliss-reactive ketones (excluding diaryl/α,β-unsaturated/α-hetero) is 1. The Morgan fingerprint density at radius 2 is 2.28 bits per heavy atom. The number of rotatable bonds is 3. The van der Waals surface area contributed by atoms with E-state index in [0.29, 0.717) is 17.1 Å². The Kier molecular flexibility index (Phi) is 3.62. The third kappa shape index (κ3) is 2.37. The van der Waals surface area contributed by atoms with Crippen LogP contribution in [0.3, 0.4) is 0 Å². The van der Waals surface area contributed by atoms with Crippen molar-refractivity contribution in [1.29, 1.82) is 0 Å². The molecule has 1 unspecified atom stereocenters. The number of hydrogen-bond acceptors (Lipinski definition) is 6. The van der Waals surface area contributed by atoms with Crippen LogP contribution in [0.5, 0.6) is 0 Å². The summed E-state index contributed by atoms with van der Waals surface area (Å²) in [5.74, 6) is 0.00464. The van der Waals surface area contributed by atoms with E-state index in [1.165, 1.54) is 18.3 Å². The van der Waals surface area contributed by atoms with Crippen LogP contribution in [0.2, 0.25) is 0 Å². The minimum atomic E-state index is -0.648. The van der Waals surface area contributed by atoms with Crippen LogP contribution in [0.1, 0.15) is 29.9 Å². The van der Waals surface area contributed by atoms with Crippen LogP contribution < -0.4 is 10.6 Å². The molecule has 6 heteroatoms. The predicted octanol–water partition coefficient (Wildman–Crippen LogP) is 2.22. The van der Waals surface area contributed by atoms with Gasteiger partial charge in [-0.05, 0) is 19.6 Å². The fourth-order valence-corrected chi connectivity index (χ4v) is 4.30. The monoisotopic (exact) mass is 286 g/mol. The maximum absolute atomic E-state index is 11.5. The van der Waals surface area contributed by atoms with Gasteiger partial charge in [-0.3, -0.25) is 4.79 Å². The fraction of sp³-hybridized carbons (Fsp3) is 0.583. The molecule has 1 fully saturated rings. The van der Waals surface area contributed by atoms with Gasteiger partial charge in [-0.15, -0.1) is 23.1 Å². The highest BCUT2D eigenvalue weighted by molar-refractivity contribution is 7.99. The number of nitrogen functional groups attached to an aromatic ring is 1. The maximum atomic E-state index is 11.5. The van der Waals surface area contributed by atoms with Crippen molar-refractivity contribution in [2.24, 2.45) is 0 Å². The highest BCUT2D eigenvalue weighted by Gasteiger charge is 2.34. The molecule has 2 rings (SSSR count). The molecule has 18 heavy (non-hydrogen) atoms. The van der Waals surface area contributed by atoms with Gasteiger partial charge in [-0.1, -0.05) is 0 Å². The Hall–Kier alpha value is -0.720. The minimum Gasteiger partial charge on any atom is -0.396 e. The number of hydrogen-bond donors (Lipinski definition) is 2. The third-order valence-electron chi connectivity index (χ3n) is 3.15. The van der Waals surface area contributed by atoms with E-state index >= 15 is 0 Å². The number of anilines is 2. The van der Waals surface area contributed by atoms with E-state index in [0.717, 1.165) is 22.9 Å². The Labute approximate surface area is 115 Å². The van der Waals surface area contributed by atoms with Gasteiger partial charge in [0.2, 0.25) is 0 Å². The summed E-state index contributed by atoms with van der Waals surface area (Å²) >= 11 is 2.99. The van der Waals surface area contributed by atoms with Crippen LogP contribution in [0, 0.1) is 0 Å². The van der Waals surface area contributed by atoms with Crippen LogP contribution in [0.25, 0.3) is 0 Å². The van der Waals surface area contributed by atoms with Crippen LogP contribution >= 0.6 is 23.1 Å². The Balaban J connectivity index is 2.39. The molecular weight excluding hydrogens is 268 g/mol. The number of aliphatic hydroxyl groups is 1. The maximum Gasteiger partial charge on any atom is 0.171 e. The van der Waals surface area contributed by atoms with Crippen molar-refractivity contribution in [3.63, 3.8) is 0 Å². The molecule has 0 amide bonds. The number of thioether (sulfide) groups is 1. The lowest BCUT2D eigenvalue weighted by Crippen LogP contribution is -2.29. The molecule has 1 atom stereocenters. The molecule has 1 aliphatic rings. The summed E-state index contributed by atoms with van der Waals surface area (Å²) < 4.78 is 0. The van der Waals surface area contributed by atoms with Crippen molar-refractivity contribution in [3.05, 3.63) is 4.88 Å². The van der Waals surface area contributed by atoms with Crippen molar-refractivity contribution in [2.45, 2.75) is 30.8 Å². The van der Waals surface area contributed by atoms with Gasteiger partial charge in [-0.2, -0.15) is 0 Å². The molecule has 1 saturated heterocycles. The van der Waals surface area contributed by atoms with Crippen molar-refractivity contribution < 1.29 is 9.90 Å². The number of nitrogens with zero attached hydrogens (tertiary/aromatic N) is 1. The van der Waals surface area contributed by atoms with Gasteiger partial charge in [0, 0.05) is 20.0 Å². The Bertz CT molecular complexity index is 483. The summed E-state index contributed by atoms with van der Waals surface area (Å²) in [6, 6.07) is 0. The SMILES string of the molecule is CSc1c(N2CCC(C)(O)C2)sc(C(C)=O)c1N. The molecule has 4 nitrogen and oxygen atoms in total. The van der Waals surface area contributed by atoms with Gasteiger partial charge in [-0.25, -0.2) is 0 Å². The molecule has 0 aliphatic carbocycles. The number of nitrogens with two attached hydrogens (primary N) is 1. The first-order valence-corrected chi connectivity index (χ1v) is 7.84. The summed E-state index contributed by atoms with van der Waals surface area (Å²) in [6.07, 6.45) is 2.70. The van der Waals surface area contributed by atoms with Crippen molar-refractivity contribution >= 4 is 39.6 Å². The molecule has 3 N–H and O–H groups in total. The first-order chi connectivity index (χ1) is 8.35. The largest absolute Gasteiger partial charge is 0.396 e. The second-order valence-electron chi connectivity index (χ2n) is 4.91. The van der Waals surface area contributed by atoms with E-state index in [1.807, 2.05) is 13.2 Å². The standard InChI is InChI=1S/C12H18N2O2S2/c1-7(15)9-8(13)10(17-3)11(18-9)14-5-4-12(2,16)6-14/h16H,4-6,13H2,1-3H3. The number of carbonyl (C=O) groups is 1. The molecule has 0 bridgehead atoms. The second kappa shape index (κ2) is 4.75. The highest BCUT2D eigenvalue weighted by Crippen LogP contribution is 2.45. The number of thiophene rings is 1. The number of ketones is 1. The lowest BCUT2D eigenvalue weighted by molar-refractivity contribution is 0.0839. The number of β-amino-alcohol motifs (C(OH)–C–C–N with tert-alkyl or cyclic N) is 1. The number of carbonyl (C=O) groups excluding carboxylic acids is 1. The van der Waals surface area contributed by atoms with E-state index in [4.69, 9.17) is 5.73 Å². The normalized spacial score (nSPS) is 23.7. The van der Waals surface area contributed by atoms with E-state index in [-0.39, 0.29) is 5.78 Å². The zero-order valence-electron chi connectivity index (χ0n) is 10.8. The molecule has 0 radical (unpaired) electrons. The molecule has 1 aliphatic heterocycles. The van der Waals surface area contributed by atoms with Crippen LogP contribution in [0.4, 0.5) is 10.7 Å². The lowest BCUT2D eigenvalue weighted by atomic mass is 10.1. The van der Waals surface area contributed by atoms with Gasteiger partial charge >= 0.3 is 0 Å². The lowest BCUT2D eigenvalue weighted by Gasteiger charge is -2.20. The fourth-order valence-electron chi connectivity index (χ4n) is 2.20. The van der Waals surface area contributed by atoms with Crippen LogP contribution in [-0.4, -0.2) is 35.8 Å². The van der Waals surface area contributed by atoms with E-state index < -0.39 is 5.60 Å². The van der Waals surface area contributed by atoms with Gasteiger partial charge in [0.05, 0.1) is 21.1 Å². The molecule has 0 aromatic carbocycles. The zero-order valence-corrected chi connectivity index (χ0v) is 12.5. The van der Waals surface area contributed by atoms with Crippen molar-refractivity contribution in [3.8, 4) is 0 Å². The van der Waals surface area contributed by atoms with E-state index in [2.05, 4.69) is 4.90 Å². The molecular formula is C12H18N2O2S2. The molecule has 1 aromatic rings. The predicted molar refractivity (Wildman–Crippen MR) is 78.0 cm³/mol. The highest BCUT2D eigenvalue weighted by atomic mass is 32.2. The van der Waals surface area contributed by atoms with E-state index in [9.17, 15) is 9.90 Å². The first-order valence-electron chi connectivity index (χ1n) is 5.80. The Morgan fingerprint density at radius 3 is 2.72 bits per heavy atom. The molecule has 0 spiro atoms. The third-order valence-corrected chi connectivity index (χ3v) is 5.46. The summed E-state index contributed by atoms with van der Waals surface area (Å²) in [5, 5.41) is 11.0. The van der Waals surface area contributed by atoms with Gasteiger partial charge in [0.15, 0.2) is 5.78 Å². The van der Waals surface area contributed by atoms with Gasteiger partial charge in [0.1, 0.15) is 5.00 Å². The van der Waals surface area contributed by atoms with Crippen LogP contribution in [-0.2, 0) is 0 Å². The van der Waals surface area contributed by atoms with Crippen LogP contribution in [0.15, 0.2) is 4.90 Å². The smallest absolute Gasteiger partial charge is 0.171 e. The average molecular weight is 286 g/mol. The summed E-state index contributed by atoms with van der Waals surface area (Å²) in [5.41, 5.74) is 5.97. The summed E-state index contributed by atoms with van der Waals surface area (Å²) in [7, 11) is 0. The topological polar surface area (TPSA) is 66.6 Å². The van der Waals surface area contributed by atoms with Crippen molar-refractivity contribution in [1.82, 2.24) is 0 Å². The van der Waals surface area contributed by atoms with Crippen molar-refractivity contribution in [2.75, 3.05) is 30.0 Å². The molecule has 1 aromatic heterocycles. The second-order valence-corrected chi connectivity index (χ2v) is 6.72. The van der Waals surface area contributed by atoms with E-state index in [1.54, 1.807) is 11.8 Å². The molecule has 2 heterocycles. The molecule has 100 valence electrons. The van der Waals surface area contributed by atoms with Gasteiger partial charge < -0.3 is 15.7 Å². The first kappa shape index (κ1) is 13.7. The summed E-state index contributed by atoms with van der Waals surface area (Å²) in [6.45, 7) is 4.78.